The molecule has 3 aliphatic heterocycles. The van der Waals surface area contributed by atoms with Crippen molar-refractivity contribution in [1.82, 2.24) is 10.2 Å². The van der Waals surface area contributed by atoms with Gasteiger partial charge in [-0.05, 0) is 26.2 Å². The number of amides is 2. The van der Waals surface area contributed by atoms with Crippen molar-refractivity contribution >= 4 is 33.7 Å². The topological polar surface area (TPSA) is 105 Å². The second-order valence-corrected chi connectivity index (χ2v) is 8.85. The predicted octanol–water partition coefficient (Wildman–Crippen LogP) is 0.596. The van der Waals surface area contributed by atoms with Crippen molar-refractivity contribution in [3.05, 3.63) is 0 Å². The number of likely N-dealkylation sites (tertiary alicyclic amines) is 1. The quantitative estimate of drug-likeness (QED) is 0.296. The molecule has 9 heteroatoms. The van der Waals surface area contributed by atoms with Crippen molar-refractivity contribution in [2.24, 2.45) is 11.8 Å². The maximum absolute atomic E-state index is 13.3. The van der Waals surface area contributed by atoms with Crippen LogP contribution in [0, 0.1) is 11.8 Å². The fourth-order valence-electron chi connectivity index (χ4n) is 4.90. The van der Waals surface area contributed by atoms with Crippen LogP contribution in [0.25, 0.3) is 0 Å². The number of hydrogen-bond acceptors (Lipinski definition) is 6. The minimum Gasteiger partial charge on any atom is -0.466 e. The minimum absolute atomic E-state index is 0.0858. The van der Waals surface area contributed by atoms with E-state index < -0.39 is 35.6 Å². The highest BCUT2D eigenvalue weighted by atomic mass is 79.9. The van der Waals surface area contributed by atoms with E-state index in [1.165, 1.54) is 4.90 Å². The van der Waals surface area contributed by atoms with Gasteiger partial charge in [-0.1, -0.05) is 29.3 Å². The Labute approximate surface area is 173 Å². The summed E-state index contributed by atoms with van der Waals surface area (Å²) in [7, 11) is 0. The molecular weight excluding hydrogens is 432 g/mol. The van der Waals surface area contributed by atoms with Gasteiger partial charge in [0.1, 0.15) is 11.6 Å². The zero-order valence-corrected chi connectivity index (χ0v) is 17.9. The number of esters is 1. The molecule has 3 heterocycles. The lowest BCUT2D eigenvalue weighted by atomic mass is 9.70. The van der Waals surface area contributed by atoms with E-state index in [0.717, 1.165) is 12.8 Å². The predicted molar refractivity (Wildman–Crippen MR) is 104 cm³/mol. The average molecular weight is 461 g/mol. The first-order chi connectivity index (χ1) is 13.4. The summed E-state index contributed by atoms with van der Waals surface area (Å²) in [5.74, 6) is -2.43. The third-order valence-electron chi connectivity index (χ3n) is 5.98. The summed E-state index contributed by atoms with van der Waals surface area (Å²) >= 11 is 3.59. The fourth-order valence-corrected chi connectivity index (χ4v) is 5.85. The second-order valence-electron chi connectivity index (χ2n) is 7.67. The molecule has 158 valence electrons. The molecule has 2 amide bonds. The molecule has 3 saturated heterocycles. The monoisotopic (exact) mass is 460 g/mol. The van der Waals surface area contributed by atoms with Crippen molar-refractivity contribution in [2.75, 3.05) is 26.3 Å². The average Bonchev–Trinajstić information content (AvgIpc) is 3.24. The Morgan fingerprint density at radius 2 is 2.14 bits per heavy atom. The summed E-state index contributed by atoms with van der Waals surface area (Å²) < 4.78 is 11.5. The number of fused-ring (bicyclic) bond motifs is 1. The largest absolute Gasteiger partial charge is 0.466 e. The molecule has 3 aliphatic rings. The number of rotatable bonds is 9. The molecule has 0 radical (unpaired) electrons. The highest BCUT2D eigenvalue weighted by molar-refractivity contribution is 9.09. The molecule has 1 unspecified atom stereocenters. The van der Waals surface area contributed by atoms with Crippen LogP contribution in [-0.2, 0) is 23.9 Å². The molecule has 6 atom stereocenters. The van der Waals surface area contributed by atoms with Crippen molar-refractivity contribution in [3.63, 3.8) is 0 Å². The first-order valence-electron chi connectivity index (χ1n) is 10.1. The molecule has 8 nitrogen and oxygen atoms in total. The standard InChI is InChI=1S/C19H29BrN2O6/c1-3-5-7-21-16(24)15-19-10-11(20)14(28-19)12(18(26)27-4-2)13(19)17(25)22(15)8-6-9-23/h11-15,23H,3-10H2,1-2H3,(H,21,24)/t11?,12-,13+,14-,15-,19+/m1/s1. The number of carbonyl (C=O) groups is 3. The SMILES string of the molecule is CCCCNC(=O)[C@H]1N(CCCO)C(=O)[C@@H]2[C@@H](C(=O)OCC)[C@@H]3O[C@@]21CC3Br. The number of nitrogens with one attached hydrogen (secondary N) is 1. The Bertz CT molecular complexity index is 632. The zero-order chi connectivity index (χ0) is 20.5. The summed E-state index contributed by atoms with van der Waals surface area (Å²) in [5.41, 5.74) is -1.04. The van der Waals surface area contributed by atoms with E-state index in [4.69, 9.17) is 9.47 Å². The highest BCUT2D eigenvalue weighted by Crippen LogP contribution is 2.60. The lowest BCUT2D eigenvalue weighted by molar-refractivity contribution is -0.154. The van der Waals surface area contributed by atoms with Crippen LogP contribution in [0.5, 0.6) is 0 Å². The van der Waals surface area contributed by atoms with Gasteiger partial charge in [0, 0.05) is 24.5 Å². The lowest BCUT2D eigenvalue weighted by Crippen LogP contribution is -2.56. The van der Waals surface area contributed by atoms with Gasteiger partial charge in [0.25, 0.3) is 0 Å². The van der Waals surface area contributed by atoms with Gasteiger partial charge in [0.15, 0.2) is 0 Å². The molecule has 1 spiro atoms. The first kappa shape index (κ1) is 21.5. The van der Waals surface area contributed by atoms with Crippen LogP contribution >= 0.6 is 15.9 Å². The van der Waals surface area contributed by atoms with Gasteiger partial charge in [-0.25, -0.2) is 0 Å². The molecule has 3 fully saturated rings. The van der Waals surface area contributed by atoms with E-state index >= 15 is 0 Å². The number of halogens is 1. The van der Waals surface area contributed by atoms with Gasteiger partial charge in [-0.2, -0.15) is 0 Å². The van der Waals surface area contributed by atoms with Crippen LogP contribution < -0.4 is 5.32 Å². The van der Waals surface area contributed by atoms with E-state index in [9.17, 15) is 19.5 Å². The third kappa shape index (κ3) is 3.35. The van der Waals surface area contributed by atoms with E-state index in [1.54, 1.807) is 6.92 Å². The Kier molecular flexibility index (Phi) is 6.66. The van der Waals surface area contributed by atoms with Crippen molar-refractivity contribution in [3.8, 4) is 0 Å². The fraction of sp³-hybridized carbons (Fsp3) is 0.842. The van der Waals surface area contributed by atoms with Crippen LogP contribution in [0.2, 0.25) is 0 Å². The van der Waals surface area contributed by atoms with Crippen LogP contribution in [-0.4, -0.2) is 76.7 Å². The Balaban J connectivity index is 1.94. The maximum atomic E-state index is 13.3. The molecular formula is C19H29BrN2O6. The van der Waals surface area contributed by atoms with Crippen LogP contribution in [0.4, 0.5) is 0 Å². The molecule has 0 aromatic rings. The van der Waals surface area contributed by atoms with E-state index in [-0.39, 0.29) is 36.4 Å². The van der Waals surface area contributed by atoms with Crippen LogP contribution in [0.3, 0.4) is 0 Å². The van der Waals surface area contributed by atoms with Gasteiger partial charge in [0.2, 0.25) is 11.8 Å². The van der Waals surface area contributed by atoms with Crippen molar-refractivity contribution < 1.29 is 29.0 Å². The number of aliphatic hydroxyl groups is 1. The van der Waals surface area contributed by atoms with Gasteiger partial charge in [0.05, 0.1) is 24.5 Å². The molecule has 3 rings (SSSR count). The van der Waals surface area contributed by atoms with Gasteiger partial charge in [-0.15, -0.1) is 0 Å². The Morgan fingerprint density at radius 1 is 1.39 bits per heavy atom. The number of ether oxygens (including phenoxy) is 2. The Morgan fingerprint density at radius 3 is 2.79 bits per heavy atom. The first-order valence-corrected chi connectivity index (χ1v) is 11.0. The zero-order valence-electron chi connectivity index (χ0n) is 16.4. The number of nitrogens with zero attached hydrogens (tertiary/aromatic N) is 1. The van der Waals surface area contributed by atoms with Gasteiger partial charge in [-0.3, -0.25) is 14.4 Å². The van der Waals surface area contributed by atoms with Crippen molar-refractivity contribution in [2.45, 2.75) is 62.1 Å². The number of unbranched alkanes of at least 4 members (excludes halogenated alkanes) is 1. The smallest absolute Gasteiger partial charge is 0.312 e. The summed E-state index contributed by atoms with van der Waals surface area (Å²) in [5, 5.41) is 12.2. The van der Waals surface area contributed by atoms with Gasteiger partial charge < -0.3 is 24.8 Å². The number of hydrogen-bond donors (Lipinski definition) is 2. The van der Waals surface area contributed by atoms with E-state index in [0.29, 0.717) is 19.4 Å². The highest BCUT2D eigenvalue weighted by Gasteiger charge is 2.76. The minimum atomic E-state index is -1.04. The summed E-state index contributed by atoms with van der Waals surface area (Å²) in [6.45, 7) is 4.67. The normalized spacial score (nSPS) is 35.9. The number of aliphatic hydroxyl groups excluding tert-OH is 1. The van der Waals surface area contributed by atoms with Crippen molar-refractivity contribution in [1.29, 1.82) is 0 Å². The summed E-state index contributed by atoms with van der Waals surface area (Å²) in [4.78, 5) is 40.4. The summed E-state index contributed by atoms with van der Waals surface area (Å²) in [6.07, 6.45) is 2.14. The molecule has 2 bridgehead atoms. The summed E-state index contributed by atoms with van der Waals surface area (Å²) in [6, 6.07) is -0.808. The molecule has 0 aromatic heterocycles. The number of carbonyl (C=O) groups excluding carboxylic acids is 3. The molecule has 0 aromatic carbocycles. The van der Waals surface area contributed by atoms with Crippen LogP contribution in [0.1, 0.15) is 39.5 Å². The molecule has 2 N–H and O–H groups in total. The Hall–Kier alpha value is -1.19. The molecule has 28 heavy (non-hydrogen) atoms. The van der Waals surface area contributed by atoms with Crippen LogP contribution in [0.15, 0.2) is 0 Å². The van der Waals surface area contributed by atoms with E-state index in [1.807, 2.05) is 6.92 Å². The lowest BCUT2D eigenvalue weighted by Gasteiger charge is -2.34. The number of alkyl halides is 1. The van der Waals surface area contributed by atoms with Gasteiger partial charge >= 0.3 is 5.97 Å². The maximum Gasteiger partial charge on any atom is 0.312 e. The second kappa shape index (κ2) is 8.67. The molecule has 0 saturated carbocycles. The van der Waals surface area contributed by atoms with E-state index in [2.05, 4.69) is 21.2 Å². The molecule has 0 aliphatic carbocycles. The third-order valence-corrected chi connectivity index (χ3v) is 6.83.